The first-order valence-electron chi connectivity index (χ1n) is 7.92. The van der Waals surface area contributed by atoms with Crippen LogP contribution in [0, 0.1) is 13.8 Å². The summed E-state index contributed by atoms with van der Waals surface area (Å²) >= 11 is 5.91. The number of ether oxygens (including phenoxy) is 1. The number of fused-ring (bicyclic) bond motifs is 1. The quantitative estimate of drug-likeness (QED) is 0.545. The monoisotopic (exact) mass is 350 g/mol. The van der Waals surface area contributed by atoms with Crippen LogP contribution in [0.25, 0.3) is 17.4 Å². The minimum Gasteiger partial charge on any atom is -0.457 e. The van der Waals surface area contributed by atoms with Gasteiger partial charge in [-0.1, -0.05) is 11.6 Å². The van der Waals surface area contributed by atoms with E-state index in [0.717, 1.165) is 16.7 Å². The van der Waals surface area contributed by atoms with Crippen molar-refractivity contribution in [2.24, 2.45) is 0 Å². The smallest absolute Gasteiger partial charge is 0.232 e. The molecule has 0 radical (unpaired) electrons. The van der Waals surface area contributed by atoms with Crippen LogP contribution >= 0.6 is 11.6 Å². The number of ketones is 1. The van der Waals surface area contributed by atoms with E-state index in [0.29, 0.717) is 27.9 Å². The van der Waals surface area contributed by atoms with E-state index in [1.54, 1.807) is 6.08 Å². The van der Waals surface area contributed by atoms with Crippen molar-refractivity contribution in [3.8, 4) is 17.1 Å². The third-order valence-corrected chi connectivity index (χ3v) is 4.57. The zero-order valence-electron chi connectivity index (χ0n) is 13.8. The first-order valence-corrected chi connectivity index (χ1v) is 8.30. The van der Waals surface area contributed by atoms with Crippen LogP contribution in [0.4, 0.5) is 0 Å². The normalized spacial score (nSPS) is 14.7. The SMILES string of the molecule is Cc1cc2c(cc1C)C(=O)C(=Cc1ccc(-c3ccc(Cl)cc3)o1)O2. The number of furan rings is 1. The fourth-order valence-corrected chi connectivity index (χ4v) is 2.90. The van der Waals surface area contributed by atoms with Gasteiger partial charge in [-0.05, 0) is 73.5 Å². The van der Waals surface area contributed by atoms with Crippen LogP contribution in [0.1, 0.15) is 27.2 Å². The van der Waals surface area contributed by atoms with Crippen molar-refractivity contribution in [1.82, 2.24) is 0 Å². The molecule has 0 saturated heterocycles. The molecule has 2 heterocycles. The molecule has 0 aliphatic carbocycles. The molecule has 1 aliphatic heterocycles. The molecule has 4 heteroatoms. The predicted molar refractivity (Wildman–Crippen MR) is 98.0 cm³/mol. The second-order valence-corrected chi connectivity index (χ2v) is 6.52. The largest absolute Gasteiger partial charge is 0.457 e. The third-order valence-electron chi connectivity index (χ3n) is 4.31. The number of allylic oxidation sites excluding steroid dienone is 1. The average molecular weight is 351 g/mol. The van der Waals surface area contributed by atoms with Crippen molar-refractivity contribution < 1.29 is 13.9 Å². The number of aryl methyl sites for hydroxylation is 2. The average Bonchev–Trinajstić information content (AvgIpc) is 3.16. The van der Waals surface area contributed by atoms with E-state index in [9.17, 15) is 4.79 Å². The van der Waals surface area contributed by atoms with Gasteiger partial charge in [0.1, 0.15) is 17.3 Å². The van der Waals surface area contributed by atoms with E-state index >= 15 is 0 Å². The Morgan fingerprint density at radius 3 is 2.44 bits per heavy atom. The number of halogens is 1. The highest BCUT2D eigenvalue weighted by molar-refractivity contribution is 6.30. The minimum atomic E-state index is -0.123. The highest BCUT2D eigenvalue weighted by atomic mass is 35.5. The highest BCUT2D eigenvalue weighted by Gasteiger charge is 2.28. The van der Waals surface area contributed by atoms with Gasteiger partial charge in [0.25, 0.3) is 0 Å². The fraction of sp³-hybridized carbons (Fsp3) is 0.0952. The Labute approximate surface area is 150 Å². The van der Waals surface area contributed by atoms with E-state index < -0.39 is 0 Å². The zero-order chi connectivity index (χ0) is 17.6. The third kappa shape index (κ3) is 2.87. The van der Waals surface area contributed by atoms with Crippen molar-refractivity contribution in [2.75, 3.05) is 0 Å². The maximum absolute atomic E-state index is 12.5. The molecule has 0 saturated carbocycles. The summed E-state index contributed by atoms with van der Waals surface area (Å²) in [5.74, 6) is 2.02. The van der Waals surface area contributed by atoms with E-state index in [2.05, 4.69) is 0 Å². The lowest BCUT2D eigenvalue weighted by molar-refractivity contribution is 0.101. The standard InChI is InChI=1S/C21H15ClO3/c1-12-9-17-19(10-13(12)2)25-20(21(17)23)11-16-7-8-18(24-16)14-3-5-15(22)6-4-14/h3-11H,1-2H3. The van der Waals surface area contributed by atoms with Crippen molar-refractivity contribution >= 4 is 23.5 Å². The number of rotatable bonds is 2. The number of hydrogen-bond donors (Lipinski definition) is 0. The summed E-state index contributed by atoms with van der Waals surface area (Å²) in [5, 5.41) is 0.672. The number of carbonyl (C=O) groups is 1. The van der Waals surface area contributed by atoms with Gasteiger partial charge in [0.05, 0.1) is 5.56 Å². The maximum Gasteiger partial charge on any atom is 0.232 e. The van der Waals surface area contributed by atoms with Crippen LogP contribution in [-0.2, 0) is 0 Å². The molecule has 0 bridgehead atoms. The lowest BCUT2D eigenvalue weighted by Gasteiger charge is -2.02. The first kappa shape index (κ1) is 15.7. The van der Waals surface area contributed by atoms with E-state index in [1.807, 2.05) is 62.4 Å². The molecule has 25 heavy (non-hydrogen) atoms. The lowest BCUT2D eigenvalue weighted by Crippen LogP contribution is -1.97. The van der Waals surface area contributed by atoms with Crippen molar-refractivity contribution in [3.05, 3.63) is 81.8 Å². The van der Waals surface area contributed by atoms with Gasteiger partial charge in [0, 0.05) is 16.7 Å². The summed E-state index contributed by atoms with van der Waals surface area (Å²) in [6.07, 6.45) is 1.63. The maximum atomic E-state index is 12.5. The minimum absolute atomic E-state index is 0.123. The summed E-state index contributed by atoms with van der Waals surface area (Å²) in [4.78, 5) is 12.5. The Bertz CT molecular complexity index is 1010. The number of carbonyl (C=O) groups excluding carboxylic acids is 1. The molecule has 0 amide bonds. The van der Waals surface area contributed by atoms with E-state index in [4.69, 9.17) is 20.8 Å². The van der Waals surface area contributed by atoms with Crippen LogP contribution in [0.2, 0.25) is 5.02 Å². The topological polar surface area (TPSA) is 39.4 Å². The van der Waals surface area contributed by atoms with Gasteiger partial charge < -0.3 is 9.15 Å². The van der Waals surface area contributed by atoms with Crippen LogP contribution < -0.4 is 4.74 Å². The predicted octanol–water partition coefficient (Wildman–Crippen LogP) is 5.83. The second kappa shape index (κ2) is 5.94. The summed E-state index contributed by atoms with van der Waals surface area (Å²) < 4.78 is 11.5. The van der Waals surface area contributed by atoms with Crippen LogP contribution in [-0.4, -0.2) is 5.78 Å². The van der Waals surface area contributed by atoms with Gasteiger partial charge in [0.15, 0.2) is 5.76 Å². The molecule has 1 aliphatic rings. The molecule has 0 unspecified atom stereocenters. The Morgan fingerprint density at radius 2 is 1.68 bits per heavy atom. The fourth-order valence-electron chi connectivity index (χ4n) is 2.77. The molecule has 3 nitrogen and oxygen atoms in total. The summed E-state index contributed by atoms with van der Waals surface area (Å²) in [6, 6.07) is 14.8. The van der Waals surface area contributed by atoms with Gasteiger partial charge >= 0.3 is 0 Å². The number of Topliss-reactive ketones (excluding diaryl/α,β-unsaturated/α-hetero) is 1. The zero-order valence-corrected chi connectivity index (χ0v) is 14.6. The second-order valence-electron chi connectivity index (χ2n) is 6.08. The molecule has 1 aromatic heterocycles. The van der Waals surface area contributed by atoms with Crippen molar-refractivity contribution in [3.63, 3.8) is 0 Å². The van der Waals surface area contributed by atoms with E-state index in [-0.39, 0.29) is 11.5 Å². The number of benzene rings is 2. The van der Waals surface area contributed by atoms with Crippen molar-refractivity contribution in [1.29, 1.82) is 0 Å². The summed E-state index contributed by atoms with van der Waals surface area (Å²) in [5.41, 5.74) is 3.68. The Kier molecular flexibility index (Phi) is 3.74. The van der Waals surface area contributed by atoms with Crippen molar-refractivity contribution in [2.45, 2.75) is 13.8 Å². The van der Waals surface area contributed by atoms with Crippen LogP contribution in [0.5, 0.6) is 5.75 Å². The lowest BCUT2D eigenvalue weighted by atomic mass is 10.0. The molecule has 3 aromatic rings. The molecule has 124 valence electrons. The molecule has 0 spiro atoms. The van der Waals surface area contributed by atoms with Crippen LogP contribution in [0.3, 0.4) is 0 Å². The van der Waals surface area contributed by atoms with Gasteiger partial charge in [-0.3, -0.25) is 4.79 Å². The molecular weight excluding hydrogens is 336 g/mol. The summed E-state index contributed by atoms with van der Waals surface area (Å²) in [7, 11) is 0. The van der Waals surface area contributed by atoms with Gasteiger partial charge in [0.2, 0.25) is 5.78 Å². The molecule has 4 rings (SSSR count). The molecule has 2 aromatic carbocycles. The first-order chi connectivity index (χ1) is 12.0. The van der Waals surface area contributed by atoms with Crippen LogP contribution in [0.15, 0.2) is 58.7 Å². The highest BCUT2D eigenvalue weighted by Crippen LogP contribution is 2.34. The Hall–Kier alpha value is -2.78. The molecule has 0 N–H and O–H groups in total. The number of hydrogen-bond acceptors (Lipinski definition) is 3. The Morgan fingerprint density at radius 1 is 0.960 bits per heavy atom. The molecule has 0 fully saturated rings. The van der Waals surface area contributed by atoms with Gasteiger partial charge in [-0.15, -0.1) is 0 Å². The van der Waals surface area contributed by atoms with Gasteiger partial charge in [-0.25, -0.2) is 0 Å². The molecular formula is C21H15ClO3. The molecule has 0 atom stereocenters. The Balaban J connectivity index is 1.64. The van der Waals surface area contributed by atoms with E-state index in [1.165, 1.54) is 0 Å². The van der Waals surface area contributed by atoms with Gasteiger partial charge in [-0.2, -0.15) is 0 Å². The summed E-state index contributed by atoms with van der Waals surface area (Å²) in [6.45, 7) is 3.98.